The van der Waals surface area contributed by atoms with Crippen molar-refractivity contribution in [3.63, 3.8) is 0 Å². The van der Waals surface area contributed by atoms with Crippen LogP contribution in [0.2, 0.25) is 0 Å². The number of hydrogen-bond acceptors (Lipinski definition) is 5. The van der Waals surface area contributed by atoms with Gasteiger partial charge in [0.2, 0.25) is 0 Å². The average Bonchev–Trinajstić information content (AvgIpc) is 2.47. The van der Waals surface area contributed by atoms with Gasteiger partial charge in [-0.1, -0.05) is 13.8 Å². The van der Waals surface area contributed by atoms with Crippen molar-refractivity contribution in [3.8, 4) is 5.75 Å². The summed E-state index contributed by atoms with van der Waals surface area (Å²) in [6.45, 7) is 7.89. The molecule has 1 fully saturated rings. The fourth-order valence-corrected chi connectivity index (χ4v) is 2.49. The largest absolute Gasteiger partial charge is 0.383 e. The van der Waals surface area contributed by atoms with E-state index >= 15 is 0 Å². The number of nitrogens with zero attached hydrogens (tertiary/aromatic N) is 1. The zero-order chi connectivity index (χ0) is 16.8. The minimum absolute atomic E-state index is 0.143. The van der Waals surface area contributed by atoms with Crippen molar-refractivity contribution < 1.29 is 22.1 Å². The van der Waals surface area contributed by atoms with Gasteiger partial charge in [0.05, 0.1) is 19.5 Å². The van der Waals surface area contributed by atoms with Crippen LogP contribution in [0.4, 0.5) is 0 Å². The van der Waals surface area contributed by atoms with E-state index in [1.165, 1.54) is 6.07 Å². The highest BCUT2D eigenvalue weighted by Gasteiger charge is 2.19. The molecule has 22 heavy (non-hydrogen) atoms. The Morgan fingerprint density at radius 1 is 1.18 bits per heavy atom. The van der Waals surface area contributed by atoms with E-state index in [1.54, 1.807) is 24.0 Å². The first-order valence-electron chi connectivity index (χ1n) is 7.23. The molecule has 1 aliphatic rings. The summed E-state index contributed by atoms with van der Waals surface area (Å²) < 4.78 is 32.4. The Morgan fingerprint density at radius 2 is 1.77 bits per heavy atom. The molecule has 1 aromatic carbocycles. The Kier molecular flexibility index (Phi) is 6.83. The maximum atomic E-state index is 12.3. The summed E-state index contributed by atoms with van der Waals surface area (Å²) in [7, 11) is -3.61. The number of benzene rings is 1. The van der Waals surface area contributed by atoms with Gasteiger partial charge in [0, 0.05) is 18.7 Å². The highest BCUT2D eigenvalue weighted by atomic mass is 32.2. The number of carbonyl (C=O) groups excluding carboxylic acids is 1. The van der Waals surface area contributed by atoms with Gasteiger partial charge in [-0.3, -0.25) is 4.79 Å². The first-order chi connectivity index (χ1) is 10.3. The number of hydrogen-bond donors (Lipinski definition) is 0. The Bertz CT molecular complexity index is 606. The van der Waals surface area contributed by atoms with Crippen LogP contribution in [0.15, 0.2) is 18.2 Å². The standard InChI is InChI=1S/C13H17NO5S.C2H6/c1-10-7-11(9-12(8-10)19-20(2,16)17)13(15)14-3-5-18-6-4-14;1-2/h7-9H,3-6H2,1-2H3;1-2H3. The second-order valence-corrected chi connectivity index (χ2v) is 6.30. The van der Waals surface area contributed by atoms with Gasteiger partial charge >= 0.3 is 10.1 Å². The van der Waals surface area contributed by atoms with Crippen LogP contribution in [0, 0.1) is 6.92 Å². The van der Waals surface area contributed by atoms with Crippen LogP contribution < -0.4 is 4.18 Å². The zero-order valence-corrected chi connectivity index (χ0v) is 14.3. The van der Waals surface area contributed by atoms with E-state index < -0.39 is 10.1 Å². The molecule has 1 amide bonds. The molecule has 1 aliphatic heterocycles. The third-order valence-electron chi connectivity index (χ3n) is 2.84. The van der Waals surface area contributed by atoms with Gasteiger partial charge < -0.3 is 13.8 Å². The maximum Gasteiger partial charge on any atom is 0.306 e. The summed E-state index contributed by atoms with van der Waals surface area (Å²) in [5.41, 5.74) is 1.19. The molecule has 1 heterocycles. The maximum absolute atomic E-state index is 12.3. The van der Waals surface area contributed by atoms with Crippen LogP contribution in [0.1, 0.15) is 29.8 Å². The van der Waals surface area contributed by atoms with Crippen molar-refractivity contribution in [1.82, 2.24) is 4.90 Å². The minimum Gasteiger partial charge on any atom is -0.383 e. The number of amides is 1. The molecule has 0 aromatic heterocycles. The topological polar surface area (TPSA) is 72.9 Å². The number of ether oxygens (including phenoxy) is 1. The van der Waals surface area contributed by atoms with Crippen molar-refractivity contribution in [2.24, 2.45) is 0 Å². The third-order valence-corrected chi connectivity index (χ3v) is 3.34. The molecule has 0 atom stereocenters. The van der Waals surface area contributed by atoms with Crippen LogP contribution >= 0.6 is 0 Å². The van der Waals surface area contributed by atoms with Gasteiger partial charge in [0.15, 0.2) is 0 Å². The lowest BCUT2D eigenvalue weighted by Gasteiger charge is -2.27. The smallest absolute Gasteiger partial charge is 0.306 e. The molecule has 0 bridgehead atoms. The van der Waals surface area contributed by atoms with Gasteiger partial charge in [0.25, 0.3) is 5.91 Å². The highest BCUT2D eigenvalue weighted by molar-refractivity contribution is 7.86. The number of aryl methyl sites for hydroxylation is 1. The molecule has 0 radical (unpaired) electrons. The average molecular weight is 329 g/mol. The summed E-state index contributed by atoms with van der Waals surface area (Å²) in [6.07, 6.45) is 0.971. The molecule has 1 saturated heterocycles. The van der Waals surface area contributed by atoms with Gasteiger partial charge in [-0.25, -0.2) is 0 Å². The summed E-state index contributed by atoms with van der Waals surface area (Å²) in [4.78, 5) is 14.0. The molecule has 6 nitrogen and oxygen atoms in total. The fourth-order valence-electron chi connectivity index (χ4n) is 2.04. The lowest BCUT2D eigenvalue weighted by molar-refractivity contribution is 0.0302. The van der Waals surface area contributed by atoms with E-state index in [-0.39, 0.29) is 11.7 Å². The molecule has 0 spiro atoms. The molecule has 0 aliphatic carbocycles. The number of morpholine rings is 1. The third kappa shape index (κ3) is 5.65. The summed E-state index contributed by atoms with van der Waals surface area (Å²) in [6, 6.07) is 4.75. The zero-order valence-electron chi connectivity index (χ0n) is 13.5. The van der Waals surface area contributed by atoms with E-state index in [1.807, 2.05) is 13.8 Å². The summed E-state index contributed by atoms with van der Waals surface area (Å²) >= 11 is 0. The second kappa shape index (κ2) is 8.14. The Hall–Kier alpha value is -1.60. The molecule has 1 aromatic rings. The Morgan fingerprint density at radius 3 is 2.32 bits per heavy atom. The van der Waals surface area contributed by atoms with Crippen LogP contribution in [0.3, 0.4) is 0 Å². The minimum atomic E-state index is -3.61. The first kappa shape index (κ1) is 18.4. The molecule has 0 N–H and O–H groups in total. The monoisotopic (exact) mass is 329 g/mol. The van der Waals surface area contributed by atoms with Crippen LogP contribution in [-0.2, 0) is 14.9 Å². The fraction of sp³-hybridized carbons (Fsp3) is 0.533. The van der Waals surface area contributed by atoms with Gasteiger partial charge in [0.1, 0.15) is 5.75 Å². The highest BCUT2D eigenvalue weighted by Crippen LogP contribution is 2.20. The van der Waals surface area contributed by atoms with E-state index in [9.17, 15) is 13.2 Å². The van der Waals surface area contributed by atoms with Crippen LogP contribution in [-0.4, -0.2) is 51.8 Å². The molecule has 0 saturated carbocycles. The van der Waals surface area contributed by atoms with Gasteiger partial charge in [-0.15, -0.1) is 0 Å². The van der Waals surface area contributed by atoms with E-state index in [2.05, 4.69) is 0 Å². The Balaban J connectivity index is 0.00000116. The lowest BCUT2D eigenvalue weighted by atomic mass is 10.1. The van der Waals surface area contributed by atoms with Crippen molar-refractivity contribution in [2.45, 2.75) is 20.8 Å². The molecular weight excluding hydrogens is 306 g/mol. The lowest BCUT2D eigenvalue weighted by Crippen LogP contribution is -2.40. The molecule has 7 heteroatoms. The predicted octanol–water partition coefficient (Wildman–Crippen LogP) is 1.83. The van der Waals surface area contributed by atoms with Crippen LogP contribution in [0.25, 0.3) is 0 Å². The summed E-state index contributed by atoms with van der Waals surface area (Å²) in [5.74, 6) is 0.0134. The normalized spacial score (nSPS) is 14.8. The van der Waals surface area contributed by atoms with E-state index in [0.717, 1.165) is 11.8 Å². The predicted molar refractivity (Wildman–Crippen MR) is 84.7 cm³/mol. The van der Waals surface area contributed by atoms with Crippen molar-refractivity contribution in [3.05, 3.63) is 29.3 Å². The molecule has 124 valence electrons. The van der Waals surface area contributed by atoms with E-state index in [4.69, 9.17) is 8.92 Å². The SMILES string of the molecule is CC.Cc1cc(OS(C)(=O)=O)cc(C(=O)N2CCOCC2)c1. The van der Waals surface area contributed by atoms with Crippen molar-refractivity contribution in [1.29, 1.82) is 0 Å². The first-order valence-corrected chi connectivity index (χ1v) is 9.05. The van der Waals surface area contributed by atoms with Gasteiger partial charge in [-0.05, 0) is 30.7 Å². The number of rotatable bonds is 3. The quantitative estimate of drug-likeness (QED) is 0.791. The van der Waals surface area contributed by atoms with E-state index in [0.29, 0.717) is 31.9 Å². The van der Waals surface area contributed by atoms with Crippen molar-refractivity contribution in [2.75, 3.05) is 32.6 Å². The second-order valence-electron chi connectivity index (χ2n) is 4.73. The number of carbonyl (C=O) groups is 1. The summed E-state index contributed by atoms with van der Waals surface area (Å²) in [5, 5.41) is 0. The molecule has 2 rings (SSSR count). The van der Waals surface area contributed by atoms with Crippen molar-refractivity contribution >= 4 is 16.0 Å². The van der Waals surface area contributed by atoms with Crippen LogP contribution in [0.5, 0.6) is 5.75 Å². The Labute approximate surface area is 132 Å². The molecular formula is C15H23NO5S. The molecule has 0 unspecified atom stereocenters. The van der Waals surface area contributed by atoms with Gasteiger partial charge in [-0.2, -0.15) is 8.42 Å².